The van der Waals surface area contributed by atoms with E-state index >= 15 is 0 Å². The van der Waals surface area contributed by atoms with E-state index in [1.807, 2.05) is 41.5 Å². The van der Waals surface area contributed by atoms with E-state index in [0.717, 1.165) is 12.8 Å². The van der Waals surface area contributed by atoms with Crippen LogP contribution in [0.4, 0.5) is 9.18 Å². The Hall–Kier alpha value is -1.12. The highest BCUT2D eigenvalue weighted by atomic mass is 79.9. The zero-order chi connectivity index (χ0) is 23.2. The standard InChI is InChI=1S/C23H32BrFN2O3S/c1-21(2,3)30-20(28)27-14-23(10-11-23)16(13-26-31(29)22(4,5)6)18(27)12-15-8-7-9-17(24)19(15)25/h7-9,13,16,18H,10-12,14H2,1-6H3/t16?,18-,31?/m1/s1. The summed E-state index contributed by atoms with van der Waals surface area (Å²) in [6.45, 7) is 11.7. The molecule has 8 heteroatoms. The van der Waals surface area contributed by atoms with Gasteiger partial charge >= 0.3 is 6.09 Å². The Morgan fingerprint density at radius 1 is 1.35 bits per heavy atom. The summed E-state index contributed by atoms with van der Waals surface area (Å²) < 4.78 is 37.3. The second-order valence-electron chi connectivity index (χ2n) is 10.6. The van der Waals surface area contributed by atoms with Crippen molar-refractivity contribution in [2.24, 2.45) is 15.7 Å². The maximum absolute atomic E-state index is 14.8. The van der Waals surface area contributed by atoms with Gasteiger partial charge in [-0.2, -0.15) is 0 Å². The Bertz CT molecular complexity index is 861. The van der Waals surface area contributed by atoms with Gasteiger partial charge in [-0.25, -0.2) is 9.18 Å². The quantitative estimate of drug-likeness (QED) is 0.383. The van der Waals surface area contributed by atoms with Gasteiger partial charge < -0.3 is 14.2 Å². The predicted molar refractivity (Wildman–Crippen MR) is 126 cm³/mol. The van der Waals surface area contributed by atoms with Crippen molar-refractivity contribution in [2.45, 2.75) is 77.2 Å². The van der Waals surface area contributed by atoms with E-state index in [1.54, 1.807) is 29.3 Å². The van der Waals surface area contributed by atoms with Gasteiger partial charge in [0.1, 0.15) is 27.5 Å². The summed E-state index contributed by atoms with van der Waals surface area (Å²) in [7, 11) is 0. The number of ether oxygens (including phenoxy) is 1. The van der Waals surface area contributed by atoms with Crippen molar-refractivity contribution in [1.82, 2.24) is 4.90 Å². The van der Waals surface area contributed by atoms with Crippen molar-refractivity contribution >= 4 is 39.6 Å². The van der Waals surface area contributed by atoms with E-state index in [1.165, 1.54) is 0 Å². The first-order valence-electron chi connectivity index (χ1n) is 10.6. The van der Waals surface area contributed by atoms with Crippen LogP contribution in [0.15, 0.2) is 27.1 Å². The number of rotatable bonds is 4. The Kier molecular flexibility index (Phi) is 6.86. The third kappa shape index (κ3) is 5.63. The molecule has 1 aromatic rings. The Morgan fingerprint density at radius 3 is 2.55 bits per heavy atom. The normalized spacial score (nSPS) is 24.1. The largest absolute Gasteiger partial charge is 0.591 e. The van der Waals surface area contributed by atoms with Crippen molar-refractivity contribution in [1.29, 1.82) is 0 Å². The maximum atomic E-state index is 14.8. The highest BCUT2D eigenvalue weighted by Crippen LogP contribution is 2.58. The van der Waals surface area contributed by atoms with Crippen LogP contribution < -0.4 is 0 Å². The van der Waals surface area contributed by atoms with Crippen LogP contribution >= 0.6 is 15.9 Å². The summed E-state index contributed by atoms with van der Waals surface area (Å²) in [6.07, 6.45) is 3.63. The minimum absolute atomic E-state index is 0.102. The molecule has 1 saturated carbocycles. The highest BCUT2D eigenvalue weighted by Gasteiger charge is 2.60. The molecule has 0 bridgehead atoms. The Balaban J connectivity index is 1.95. The van der Waals surface area contributed by atoms with Crippen LogP contribution in [0.1, 0.15) is 59.9 Å². The minimum Gasteiger partial charge on any atom is -0.591 e. The first-order valence-corrected chi connectivity index (χ1v) is 12.5. The van der Waals surface area contributed by atoms with E-state index < -0.39 is 27.8 Å². The van der Waals surface area contributed by atoms with Crippen molar-refractivity contribution in [3.63, 3.8) is 0 Å². The summed E-state index contributed by atoms with van der Waals surface area (Å²) in [5.74, 6) is -0.429. The molecule has 1 aromatic carbocycles. The summed E-state index contributed by atoms with van der Waals surface area (Å²) in [4.78, 5) is 14.8. The third-order valence-electron chi connectivity index (χ3n) is 5.83. The number of benzene rings is 1. The van der Waals surface area contributed by atoms with Gasteiger partial charge in [0.05, 0.1) is 10.7 Å². The topological polar surface area (TPSA) is 65.0 Å². The fraction of sp³-hybridized carbons (Fsp3) is 0.652. The number of amides is 1. The lowest BCUT2D eigenvalue weighted by Crippen LogP contribution is -2.43. The number of carbonyl (C=O) groups excluding carboxylic acids is 1. The van der Waals surface area contributed by atoms with Gasteiger partial charge in [0, 0.05) is 18.5 Å². The first-order chi connectivity index (χ1) is 14.2. The van der Waals surface area contributed by atoms with Crippen LogP contribution in [0.3, 0.4) is 0 Å². The van der Waals surface area contributed by atoms with Crippen molar-refractivity contribution in [3.8, 4) is 0 Å². The number of carbonyl (C=O) groups is 1. The van der Waals surface area contributed by atoms with Crippen molar-refractivity contribution < 1.29 is 18.5 Å². The zero-order valence-electron chi connectivity index (χ0n) is 19.1. The van der Waals surface area contributed by atoms with E-state index in [2.05, 4.69) is 20.3 Å². The molecular formula is C23H32BrFN2O3S. The monoisotopic (exact) mass is 514 g/mol. The molecule has 1 spiro atoms. The van der Waals surface area contributed by atoms with Crippen LogP contribution in [-0.2, 0) is 22.5 Å². The molecule has 1 saturated heterocycles. The molecule has 5 nitrogen and oxygen atoms in total. The second kappa shape index (κ2) is 8.67. The average molecular weight is 515 g/mol. The number of nitrogens with zero attached hydrogens (tertiary/aromatic N) is 2. The minimum atomic E-state index is -1.39. The van der Waals surface area contributed by atoms with E-state index in [-0.39, 0.29) is 23.2 Å². The van der Waals surface area contributed by atoms with Crippen LogP contribution in [-0.4, -0.2) is 44.7 Å². The predicted octanol–water partition coefficient (Wildman–Crippen LogP) is 5.68. The highest BCUT2D eigenvalue weighted by molar-refractivity contribution is 9.10. The molecule has 1 heterocycles. The molecule has 2 unspecified atom stereocenters. The van der Waals surface area contributed by atoms with Crippen LogP contribution in [0.25, 0.3) is 0 Å². The fourth-order valence-electron chi connectivity index (χ4n) is 4.04. The van der Waals surface area contributed by atoms with E-state index in [0.29, 0.717) is 23.0 Å². The number of hydrogen-bond donors (Lipinski definition) is 0. The molecule has 2 aliphatic rings. The third-order valence-corrected chi connectivity index (χ3v) is 7.80. The molecule has 0 N–H and O–H groups in total. The second-order valence-corrected chi connectivity index (χ2v) is 13.4. The smallest absolute Gasteiger partial charge is 0.410 e. The molecule has 1 amide bonds. The molecule has 2 fully saturated rings. The maximum Gasteiger partial charge on any atom is 0.410 e. The Labute approximate surface area is 196 Å². The van der Waals surface area contributed by atoms with Gasteiger partial charge in [0.25, 0.3) is 0 Å². The van der Waals surface area contributed by atoms with Crippen LogP contribution in [0.5, 0.6) is 0 Å². The molecule has 3 atom stereocenters. The van der Waals surface area contributed by atoms with Gasteiger partial charge in [-0.3, -0.25) is 0 Å². The number of likely N-dealkylation sites (tertiary alicyclic amines) is 1. The molecule has 3 rings (SSSR count). The number of halogens is 2. The summed E-state index contributed by atoms with van der Waals surface area (Å²) in [6, 6.07) is 4.88. The van der Waals surface area contributed by atoms with E-state index in [4.69, 9.17) is 4.74 Å². The molecule has 31 heavy (non-hydrogen) atoms. The van der Waals surface area contributed by atoms with Crippen molar-refractivity contribution in [3.05, 3.63) is 34.1 Å². The summed E-state index contributed by atoms with van der Waals surface area (Å²) in [5, 5.41) is 0. The SMILES string of the molecule is CC(C)(C)OC(=O)N1CC2(CC2)C(C=N[S+]([O-])C(C)(C)C)[C@H]1Cc1cccc(Br)c1F. The van der Waals surface area contributed by atoms with Gasteiger partial charge in [-0.1, -0.05) is 16.5 Å². The molecule has 1 aliphatic carbocycles. The molecular weight excluding hydrogens is 483 g/mol. The summed E-state index contributed by atoms with van der Waals surface area (Å²) >= 11 is 1.86. The zero-order valence-corrected chi connectivity index (χ0v) is 21.5. The first kappa shape index (κ1) is 24.5. The van der Waals surface area contributed by atoms with Gasteiger partial charge in [-0.15, -0.1) is 0 Å². The fourth-order valence-corrected chi connectivity index (χ4v) is 5.01. The van der Waals surface area contributed by atoms with Crippen LogP contribution in [0, 0.1) is 17.2 Å². The number of hydrogen-bond acceptors (Lipinski definition) is 4. The average Bonchev–Trinajstić information content (AvgIpc) is 3.33. The lowest BCUT2D eigenvalue weighted by Gasteiger charge is -2.30. The van der Waals surface area contributed by atoms with Crippen molar-refractivity contribution in [2.75, 3.05) is 6.54 Å². The lowest BCUT2D eigenvalue weighted by atomic mass is 9.86. The summed E-state index contributed by atoms with van der Waals surface area (Å²) in [5.41, 5.74) is -0.199. The molecule has 1 aliphatic heterocycles. The van der Waals surface area contributed by atoms with Gasteiger partial charge in [0.2, 0.25) is 0 Å². The van der Waals surface area contributed by atoms with E-state index in [9.17, 15) is 13.7 Å². The molecule has 0 radical (unpaired) electrons. The van der Waals surface area contributed by atoms with Gasteiger partial charge in [0.15, 0.2) is 0 Å². The molecule has 172 valence electrons. The molecule has 0 aromatic heterocycles. The van der Waals surface area contributed by atoms with Crippen LogP contribution in [0.2, 0.25) is 0 Å². The van der Waals surface area contributed by atoms with Gasteiger partial charge in [-0.05, 0) is 93.8 Å². The lowest BCUT2D eigenvalue weighted by molar-refractivity contribution is 0.0213. The Morgan fingerprint density at radius 2 is 2.00 bits per heavy atom.